The summed E-state index contributed by atoms with van der Waals surface area (Å²) >= 11 is 0. The van der Waals surface area contributed by atoms with Crippen LogP contribution in [0.2, 0.25) is 0 Å². The Labute approximate surface area is 155 Å². The van der Waals surface area contributed by atoms with Gasteiger partial charge in [-0.15, -0.1) is 0 Å². The lowest BCUT2D eigenvalue weighted by atomic mass is 9.89. The van der Waals surface area contributed by atoms with Gasteiger partial charge in [0.25, 0.3) is 0 Å². The molecule has 0 radical (unpaired) electrons. The fraction of sp³-hybridized carbons (Fsp3) is 0.524. The molecular formula is C21H29NO4. The van der Waals surface area contributed by atoms with E-state index in [1.54, 1.807) is 0 Å². The predicted molar refractivity (Wildman–Crippen MR) is 102 cm³/mol. The zero-order valence-corrected chi connectivity index (χ0v) is 16.2. The summed E-state index contributed by atoms with van der Waals surface area (Å²) < 4.78 is 11.0. The minimum Gasteiger partial charge on any atom is -0.462 e. The van der Waals surface area contributed by atoms with Crippen molar-refractivity contribution in [3.05, 3.63) is 40.1 Å². The number of hydrogen-bond donors (Lipinski definition) is 1. The molecule has 0 aromatic heterocycles. The van der Waals surface area contributed by atoms with E-state index in [-0.39, 0.29) is 0 Å². The van der Waals surface area contributed by atoms with Crippen molar-refractivity contribution in [2.45, 2.75) is 59.8 Å². The number of benzene rings is 1. The van der Waals surface area contributed by atoms with E-state index in [2.05, 4.69) is 31.3 Å². The number of allylic oxidation sites excluding steroid dienone is 1. The minimum atomic E-state index is -0.533. The van der Waals surface area contributed by atoms with Crippen LogP contribution in [0.5, 0.6) is 0 Å². The Hall–Kier alpha value is -2.30. The predicted octanol–water partition coefficient (Wildman–Crippen LogP) is 4.30. The molecule has 1 N–H and O–H groups in total. The van der Waals surface area contributed by atoms with Crippen molar-refractivity contribution >= 4 is 17.6 Å². The fourth-order valence-corrected chi connectivity index (χ4v) is 3.28. The molecular weight excluding hydrogens is 330 g/mol. The molecule has 1 aliphatic rings. The third-order valence-electron chi connectivity index (χ3n) is 4.57. The van der Waals surface area contributed by atoms with Crippen LogP contribution in [-0.2, 0) is 27.1 Å². The average molecular weight is 359 g/mol. The van der Waals surface area contributed by atoms with Crippen LogP contribution in [0.4, 0.5) is 4.79 Å². The second-order valence-electron chi connectivity index (χ2n) is 6.46. The molecule has 26 heavy (non-hydrogen) atoms. The molecule has 0 saturated heterocycles. The molecule has 5 nitrogen and oxygen atoms in total. The van der Waals surface area contributed by atoms with Gasteiger partial charge >= 0.3 is 12.1 Å². The summed E-state index contributed by atoms with van der Waals surface area (Å²) in [5, 5.41) is 2.63. The molecule has 5 heteroatoms. The number of nitrogens with one attached hydrogen (secondary N) is 1. The Morgan fingerprint density at radius 2 is 1.96 bits per heavy atom. The number of aryl methyl sites for hydroxylation is 3. The largest absolute Gasteiger partial charge is 0.462 e. The molecule has 0 saturated carbocycles. The zero-order chi connectivity index (χ0) is 19.1. The highest BCUT2D eigenvalue weighted by molar-refractivity contribution is 6.18. The molecule has 1 aliphatic heterocycles. The molecule has 0 unspecified atom stereocenters. The first-order chi connectivity index (χ1) is 12.5. The normalized spacial score (nSPS) is 17.9. The van der Waals surface area contributed by atoms with Crippen molar-refractivity contribution in [1.29, 1.82) is 0 Å². The summed E-state index contributed by atoms with van der Waals surface area (Å²) in [5.74, 6) is -0.00579. The highest BCUT2D eigenvalue weighted by atomic mass is 16.6. The van der Waals surface area contributed by atoms with Crippen molar-refractivity contribution in [3.63, 3.8) is 0 Å². The molecule has 0 spiro atoms. The summed E-state index contributed by atoms with van der Waals surface area (Å²) in [6.45, 7) is 8.86. The number of hydrogen-bond acceptors (Lipinski definition) is 4. The highest BCUT2D eigenvalue weighted by Gasteiger charge is 2.27. The lowest BCUT2D eigenvalue weighted by Crippen LogP contribution is -2.25. The van der Waals surface area contributed by atoms with Gasteiger partial charge in [0.15, 0.2) is 0 Å². The summed E-state index contributed by atoms with van der Waals surface area (Å²) in [4.78, 5) is 24.8. The van der Waals surface area contributed by atoms with Gasteiger partial charge in [0.1, 0.15) is 11.3 Å². The van der Waals surface area contributed by atoms with E-state index >= 15 is 0 Å². The number of carbonyl (C=O) groups excluding carboxylic acids is 2. The average Bonchev–Trinajstić information content (AvgIpc) is 2.60. The van der Waals surface area contributed by atoms with Crippen LogP contribution < -0.4 is 5.32 Å². The summed E-state index contributed by atoms with van der Waals surface area (Å²) in [5.41, 5.74) is 4.55. The zero-order valence-electron chi connectivity index (χ0n) is 16.2. The SMILES string of the molecule is CCNC(=O)O/C1=C(\c2c(C)cc(CC)cc2CC)C(=O)OCCCC1. The number of amides is 1. The molecule has 1 aromatic rings. The van der Waals surface area contributed by atoms with Gasteiger partial charge in [-0.2, -0.15) is 0 Å². The maximum Gasteiger partial charge on any atom is 0.412 e. The first-order valence-corrected chi connectivity index (χ1v) is 9.50. The summed E-state index contributed by atoms with van der Waals surface area (Å²) in [6, 6.07) is 4.22. The Kier molecular flexibility index (Phi) is 7.25. The number of cyclic esters (lactones) is 1. The molecule has 0 bridgehead atoms. The maximum absolute atomic E-state index is 12.8. The van der Waals surface area contributed by atoms with E-state index in [0.29, 0.717) is 30.9 Å². The second-order valence-corrected chi connectivity index (χ2v) is 6.46. The minimum absolute atomic E-state index is 0.393. The molecule has 142 valence electrons. The molecule has 1 amide bonds. The standard InChI is InChI=1S/C21H29NO4/c1-5-15-12-14(4)18(16(6-2)13-15)19-17(26-21(24)22-7-3)10-8-9-11-25-20(19)23/h12-13H,5-11H2,1-4H3,(H,22,24)/b19-17+. The summed E-state index contributed by atoms with van der Waals surface area (Å²) in [6.07, 6.45) is 3.29. The second kappa shape index (κ2) is 9.41. The van der Waals surface area contributed by atoms with Crippen molar-refractivity contribution in [3.8, 4) is 0 Å². The Morgan fingerprint density at radius 1 is 1.19 bits per heavy atom. The van der Waals surface area contributed by atoms with Gasteiger partial charge in [0.05, 0.1) is 6.61 Å². The van der Waals surface area contributed by atoms with Crippen LogP contribution in [0.15, 0.2) is 17.9 Å². The Balaban J connectivity index is 2.63. The van der Waals surface area contributed by atoms with Gasteiger partial charge in [0.2, 0.25) is 0 Å². The Morgan fingerprint density at radius 3 is 2.62 bits per heavy atom. The van der Waals surface area contributed by atoms with E-state index in [9.17, 15) is 9.59 Å². The lowest BCUT2D eigenvalue weighted by Gasteiger charge is -2.21. The van der Waals surface area contributed by atoms with Crippen molar-refractivity contribution in [2.75, 3.05) is 13.2 Å². The van der Waals surface area contributed by atoms with Crippen molar-refractivity contribution in [1.82, 2.24) is 5.32 Å². The van der Waals surface area contributed by atoms with Gasteiger partial charge in [0, 0.05) is 13.0 Å². The van der Waals surface area contributed by atoms with Gasteiger partial charge < -0.3 is 14.8 Å². The van der Waals surface area contributed by atoms with Gasteiger partial charge in [-0.3, -0.25) is 0 Å². The monoisotopic (exact) mass is 359 g/mol. The number of ether oxygens (including phenoxy) is 2. The maximum atomic E-state index is 12.8. The van der Waals surface area contributed by atoms with Crippen LogP contribution in [0, 0.1) is 6.92 Å². The number of rotatable bonds is 5. The topological polar surface area (TPSA) is 64.6 Å². The third-order valence-corrected chi connectivity index (χ3v) is 4.57. The number of alkyl carbamates (subject to hydrolysis) is 1. The molecule has 2 rings (SSSR count). The van der Waals surface area contributed by atoms with E-state index in [1.807, 2.05) is 13.8 Å². The van der Waals surface area contributed by atoms with Crippen molar-refractivity contribution in [2.24, 2.45) is 0 Å². The van der Waals surface area contributed by atoms with Crippen molar-refractivity contribution < 1.29 is 19.1 Å². The molecule has 0 atom stereocenters. The first-order valence-electron chi connectivity index (χ1n) is 9.50. The van der Waals surface area contributed by atoms with Gasteiger partial charge in [-0.05, 0) is 61.8 Å². The van der Waals surface area contributed by atoms with E-state index in [4.69, 9.17) is 9.47 Å². The van der Waals surface area contributed by atoms with E-state index < -0.39 is 12.1 Å². The Bertz CT molecular complexity index is 706. The van der Waals surface area contributed by atoms with Crippen LogP contribution in [0.3, 0.4) is 0 Å². The number of carbonyl (C=O) groups is 2. The lowest BCUT2D eigenvalue weighted by molar-refractivity contribution is -0.137. The molecule has 0 aliphatic carbocycles. The third kappa shape index (κ3) is 4.65. The van der Waals surface area contributed by atoms with Crippen LogP contribution in [0.1, 0.15) is 62.3 Å². The van der Waals surface area contributed by atoms with Crippen LogP contribution >= 0.6 is 0 Å². The summed E-state index contributed by atoms with van der Waals surface area (Å²) in [7, 11) is 0. The van der Waals surface area contributed by atoms with Crippen LogP contribution in [0.25, 0.3) is 5.57 Å². The highest BCUT2D eigenvalue weighted by Crippen LogP contribution is 2.33. The van der Waals surface area contributed by atoms with Gasteiger partial charge in [-0.1, -0.05) is 26.0 Å². The fourth-order valence-electron chi connectivity index (χ4n) is 3.28. The van der Waals surface area contributed by atoms with Gasteiger partial charge in [-0.25, -0.2) is 9.59 Å². The quantitative estimate of drug-likeness (QED) is 0.796. The van der Waals surface area contributed by atoms with E-state index in [1.165, 1.54) is 5.56 Å². The van der Waals surface area contributed by atoms with E-state index in [0.717, 1.165) is 42.4 Å². The molecule has 1 aromatic carbocycles. The molecule has 0 fully saturated rings. The van der Waals surface area contributed by atoms with Crippen LogP contribution in [-0.4, -0.2) is 25.2 Å². The smallest absolute Gasteiger partial charge is 0.412 e. The molecule has 1 heterocycles. The number of esters is 1. The first kappa shape index (κ1) is 20.0.